The van der Waals surface area contributed by atoms with Gasteiger partial charge in [0.25, 0.3) is 0 Å². The molecule has 0 bridgehead atoms. The van der Waals surface area contributed by atoms with Crippen molar-refractivity contribution in [3.63, 3.8) is 0 Å². The van der Waals surface area contributed by atoms with E-state index in [0.29, 0.717) is 16.3 Å². The molecule has 0 aliphatic rings. The Kier molecular flexibility index (Phi) is 4.15. The van der Waals surface area contributed by atoms with Gasteiger partial charge in [0, 0.05) is 10.7 Å². The lowest BCUT2D eigenvalue weighted by atomic mass is 10.1. The van der Waals surface area contributed by atoms with Gasteiger partial charge in [-0.3, -0.25) is 4.79 Å². The average molecular weight is 292 g/mol. The van der Waals surface area contributed by atoms with Crippen molar-refractivity contribution in [1.29, 1.82) is 0 Å². The summed E-state index contributed by atoms with van der Waals surface area (Å²) in [6, 6.07) is 9.58. The normalized spacial score (nSPS) is 10.3. The van der Waals surface area contributed by atoms with E-state index >= 15 is 0 Å². The molecule has 0 unspecified atom stereocenters. The largest absolute Gasteiger partial charge is 0.504 e. The van der Waals surface area contributed by atoms with E-state index in [2.05, 4.69) is 5.32 Å². The number of rotatable bonds is 3. The van der Waals surface area contributed by atoms with Gasteiger partial charge in [0.2, 0.25) is 5.91 Å². The molecule has 5 heteroatoms. The molecule has 0 heterocycles. The van der Waals surface area contributed by atoms with E-state index in [1.807, 2.05) is 6.92 Å². The van der Waals surface area contributed by atoms with Crippen LogP contribution in [0.3, 0.4) is 0 Å². The highest BCUT2D eigenvalue weighted by Gasteiger charge is 2.09. The van der Waals surface area contributed by atoms with E-state index < -0.39 is 0 Å². The van der Waals surface area contributed by atoms with E-state index in [-0.39, 0.29) is 23.8 Å². The topological polar surface area (TPSA) is 69.6 Å². The van der Waals surface area contributed by atoms with Crippen LogP contribution >= 0.6 is 11.6 Å². The molecule has 2 aromatic rings. The second-order valence-corrected chi connectivity index (χ2v) is 4.87. The van der Waals surface area contributed by atoms with E-state index in [9.17, 15) is 15.0 Å². The maximum absolute atomic E-state index is 11.9. The van der Waals surface area contributed by atoms with E-state index in [0.717, 1.165) is 5.56 Å². The molecular formula is C15H14ClNO3. The molecule has 0 aliphatic heterocycles. The third-order valence-corrected chi connectivity index (χ3v) is 3.36. The van der Waals surface area contributed by atoms with Crippen LogP contribution in [0.5, 0.6) is 11.5 Å². The number of phenols is 2. The number of hydrogen-bond acceptors (Lipinski definition) is 3. The van der Waals surface area contributed by atoms with Gasteiger partial charge in [0.15, 0.2) is 11.5 Å². The highest BCUT2D eigenvalue weighted by molar-refractivity contribution is 6.31. The van der Waals surface area contributed by atoms with Gasteiger partial charge < -0.3 is 15.5 Å². The lowest BCUT2D eigenvalue weighted by Crippen LogP contribution is -2.15. The number of amides is 1. The zero-order chi connectivity index (χ0) is 14.7. The van der Waals surface area contributed by atoms with Crippen LogP contribution in [0, 0.1) is 6.92 Å². The van der Waals surface area contributed by atoms with Crippen molar-refractivity contribution in [3.05, 3.63) is 52.5 Å². The molecule has 4 nitrogen and oxygen atoms in total. The molecule has 0 saturated carbocycles. The number of nitrogens with one attached hydrogen (secondary N) is 1. The van der Waals surface area contributed by atoms with Crippen molar-refractivity contribution in [2.75, 3.05) is 5.32 Å². The first-order chi connectivity index (χ1) is 9.47. The van der Waals surface area contributed by atoms with Gasteiger partial charge >= 0.3 is 0 Å². The molecule has 104 valence electrons. The third-order valence-electron chi connectivity index (χ3n) is 2.95. The van der Waals surface area contributed by atoms with Gasteiger partial charge in [-0.15, -0.1) is 0 Å². The second kappa shape index (κ2) is 5.84. The summed E-state index contributed by atoms with van der Waals surface area (Å²) < 4.78 is 0. The Hall–Kier alpha value is -2.20. The summed E-state index contributed by atoms with van der Waals surface area (Å²) in [6.07, 6.45) is 0.0970. The predicted molar refractivity (Wildman–Crippen MR) is 78.3 cm³/mol. The number of halogens is 1. The van der Waals surface area contributed by atoms with Gasteiger partial charge in [-0.25, -0.2) is 0 Å². The number of carbonyl (C=O) groups excluding carboxylic acids is 1. The molecule has 0 aromatic heterocycles. The molecule has 1 amide bonds. The minimum absolute atomic E-state index is 0.0970. The quantitative estimate of drug-likeness (QED) is 0.760. The first kappa shape index (κ1) is 14.2. The van der Waals surface area contributed by atoms with Crippen molar-refractivity contribution < 1.29 is 15.0 Å². The Morgan fingerprint density at radius 3 is 2.65 bits per heavy atom. The molecule has 0 atom stereocenters. The highest BCUT2D eigenvalue weighted by Crippen LogP contribution is 2.26. The van der Waals surface area contributed by atoms with Gasteiger partial charge in [0.05, 0.1) is 6.42 Å². The molecule has 0 fully saturated rings. The first-order valence-corrected chi connectivity index (χ1v) is 6.41. The van der Waals surface area contributed by atoms with Crippen molar-refractivity contribution in [1.82, 2.24) is 0 Å². The molecule has 0 spiro atoms. The van der Waals surface area contributed by atoms with Crippen molar-refractivity contribution >= 4 is 23.2 Å². The zero-order valence-electron chi connectivity index (χ0n) is 10.9. The molecule has 0 radical (unpaired) electrons. The lowest BCUT2D eigenvalue weighted by molar-refractivity contribution is -0.115. The van der Waals surface area contributed by atoms with Gasteiger partial charge in [-0.2, -0.15) is 0 Å². The van der Waals surface area contributed by atoms with Crippen LogP contribution in [0.4, 0.5) is 5.69 Å². The number of phenolic OH excluding ortho intramolecular Hbond substituents is 2. The lowest BCUT2D eigenvalue weighted by Gasteiger charge is -2.09. The average Bonchev–Trinajstić information content (AvgIpc) is 2.39. The Balaban J connectivity index is 2.09. The van der Waals surface area contributed by atoms with Crippen molar-refractivity contribution in [2.45, 2.75) is 13.3 Å². The van der Waals surface area contributed by atoms with Gasteiger partial charge in [-0.05, 0) is 42.3 Å². The zero-order valence-corrected chi connectivity index (χ0v) is 11.6. The minimum atomic E-state index is -0.241. The summed E-state index contributed by atoms with van der Waals surface area (Å²) in [7, 11) is 0. The summed E-state index contributed by atoms with van der Waals surface area (Å²) in [5.74, 6) is -0.672. The number of aromatic hydroxyl groups is 2. The van der Waals surface area contributed by atoms with Crippen LogP contribution in [0.1, 0.15) is 11.1 Å². The van der Waals surface area contributed by atoms with E-state index in [1.165, 1.54) is 12.1 Å². The van der Waals surface area contributed by atoms with Crippen molar-refractivity contribution in [3.8, 4) is 11.5 Å². The predicted octanol–water partition coefficient (Wildman–Crippen LogP) is 3.24. The smallest absolute Gasteiger partial charge is 0.228 e. The van der Waals surface area contributed by atoms with Crippen LogP contribution < -0.4 is 5.32 Å². The summed E-state index contributed by atoms with van der Waals surface area (Å²) >= 11 is 5.98. The fourth-order valence-corrected chi connectivity index (χ4v) is 1.98. The highest BCUT2D eigenvalue weighted by atomic mass is 35.5. The first-order valence-electron chi connectivity index (χ1n) is 6.03. The maximum atomic E-state index is 11.9. The third kappa shape index (κ3) is 3.22. The maximum Gasteiger partial charge on any atom is 0.228 e. The SMILES string of the molecule is Cc1c(Cl)cccc1NC(=O)Cc1ccc(O)c(O)c1. The molecule has 2 rings (SSSR count). The Bertz CT molecular complexity index is 656. The van der Waals surface area contributed by atoms with Crippen LogP contribution in [-0.2, 0) is 11.2 Å². The summed E-state index contributed by atoms with van der Waals surface area (Å²) in [6.45, 7) is 1.82. The molecule has 2 aromatic carbocycles. The standard InChI is InChI=1S/C15H14ClNO3/c1-9-11(16)3-2-4-12(9)17-15(20)8-10-5-6-13(18)14(19)7-10/h2-7,18-19H,8H2,1H3,(H,17,20). The molecule has 0 aliphatic carbocycles. The summed E-state index contributed by atoms with van der Waals surface area (Å²) in [4.78, 5) is 11.9. The number of anilines is 1. The van der Waals surface area contributed by atoms with Crippen LogP contribution in [0.2, 0.25) is 5.02 Å². The summed E-state index contributed by atoms with van der Waals surface area (Å²) in [5, 5.41) is 22.0. The second-order valence-electron chi connectivity index (χ2n) is 4.46. The number of hydrogen-bond donors (Lipinski definition) is 3. The summed E-state index contributed by atoms with van der Waals surface area (Å²) in [5.41, 5.74) is 2.07. The van der Waals surface area contributed by atoms with E-state index in [4.69, 9.17) is 11.6 Å². The Morgan fingerprint density at radius 2 is 1.95 bits per heavy atom. The van der Waals surface area contributed by atoms with Crippen LogP contribution in [-0.4, -0.2) is 16.1 Å². The number of benzene rings is 2. The van der Waals surface area contributed by atoms with E-state index in [1.54, 1.807) is 24.3 Å². The fraction of sp³-hybridized carbons (Fsp3) is 0.133. The van der Waals surface area contributed by atoms with Gasteiger partial charge in [-0.1, -0.05) is 23.7 Å². The Morgan fingerprint density at radius 1 is 1.20 bits per heavy atom. The van der Waals surface area contributed by atoms with Crippen molar-refractivity contribution in [2.24, 2.45) is 0 Å². The molecular weight excluding hydrogens is 278 g/mol. The fourth-order valence-electron chi connectivity index (χ4n) is 1.80. The molecule has 20 heavy (non-hydrogen) atoms. The Labute approximate surface area is 121 Å². The van der Waals surface area contributed by atoms with Crippen LogP contribution in [0.15, 0.2) is 36.4 Å². The molecule has 0 saturated heterocycles. The monoisotopic (exact) mass is 291 g/mol. The van der Waals surface area contributed by atoms with Crippen LogP contribution in [0.25, 0.3) is 0 Å². The van der Waals surface area contributed by atoms with Gasteiger partial charge in [0.1, 0.15) is 0 Å². The minimum Gasteiger partial charge on any atom is -0.504 e. The number of carbonyl (C=O) groups is 1. The molecule has 3 N–H and O–H groups in total.